The predicted molar refractivity (Wildman–Crippen MR) is 170 cm³/mol. The molecular formula is C35H52N2O4. The number of unbranched alkanes of at least 4 members (excludes halogenated alkanes) is 15. The van der Waals surface area contributed by atoms with Gasteiger partial charge in [-0.2, -0.15) is 0 Å². The smallest absolute Gasteiger partial charge is 0.335 e. The zero-order valence-corrected chi connectivity index (χ0v) is 25.5. The highest BCUT2D eigenvalue weighted by Gasteiger charge is 2.17. The number of aromatic carboxylic acids is 1. The largest absolute Gasteiger partial charge is 0.478 e. The molecule has 0 aliphatic rings. The number of ketones is 1. The minimum absolute atomic E-state index is 0.0919. The molecule has 2 aromatic rings. The van der Waals surface area contributed by atoms with Crippen molar-refractivity contribution in [2.24, 2.45) is 0 Å². The minimum atomic E-state index is -1.06. The van der Waals surface area contributed by atoms with Gasteiger partial charge in [0.2, 0.25) is 5.91 Å². The van der Waals surface area contributed by atoms with Gasteiger partial charge >= 0.3 is 5.97 Å². The van der Waals surface area contributed by atoms with Gasteiger partial charge < -0.3 is 15.3 Å². The molecule has 41 heavy (non-hydrogen) atoms. The van der Waals surface area contributed by atoms with Crippen molar-refractivity contribution in [3.05, 3.63) is 59.7 Å². The zero-order chi connectivity index (χ0) is 29.7. The van der Waals surface area contributed by atoms with Crippen molar-refractivity contribution < 1.29 is 19.5 Å². The molecule has 6 heteroatoms. The highest BCUT2D eigenvalue weighted by molar-refractivity contribution is 6.11. The topological polar surface area (TPSA) is 86.7 Å². The van der Waals surface area contributed by atoms with Crippen LogP contribution >= 0.6 is 0 Å². The number of carboxylic acid groups (broad SMARTS) is 1. The van der Waals surface area contributed by atoms with E-state index in [0.717, 1.165) is 25.1 Å². The lowest BCUT2D eigenvalue weighted by Crippen LogP contribution is -2.23. The number of carbonyl (C=O) groups excluding carboxylic acids is 2. The Morgan fingerprint density at radius 1 is 0.683 bits per heavy atom. The quantitative estimate of drug-likeness (QED) is 0.0798. The molecule has 2 N–H and O–H groups in total. The van der Waals surface area contributed by atoms with Gasteiger partial charge in [0.15, 0.2) is 5.78 Å². The first-order valence-electron chi connectivity index (χ1n) is 15.9. The normalized spacial score (nSPS) is 10.9. The van der Waals surface area contributed by atoms with E-state index in [0.29, 0.717) is 11.3 Å². The van der Waals surface area contributed by atoms with Crippen molar-refractivity contribution in [2.75, 3.05) is 23.8 Å². The van der Waals surface area contributed by atoms with Crippen molar-refractivity contribution in [2.45, 2.75) is 116 Å². The van der Waals surface area contributed by atoms with Crippen LogP contribution in [0.3, 0.4) is 0 Å². The molecule has 1 amide bonds. The number of anilines is 2. The summed E-state index contributed by atoms with van der Waals surface area (Å²) in [5.74, 6) is -1.80. The fraction of sp³-hybridized carbons (Fsp3) is 0.571. The monoisotopic (exact) mass is 564 g/mol. The lowest BCUT2D eigenvalue weighted by Gasteiger charge is -2.23. The third-order valence-corrected chi connectivity index (χ3v) is 7.69. The van der Waals surface area contributed by atoms with Gasteiger partial charge in [0.25, 0.3) is 0 Å². The van der Waals surface area contributed by atoms with Gasteiger partial charge in [-0.05, 0) is 24.6 Å². The molecule has 6 nitrogen and oxygen atoms in total. The molecule has 0 aromatic heterocycles. The van der Waals surface area contributed by atoms with E-state index in [1.807, 2.05) is 18.0 Å². The molecule has 0 aliphatic carbocycles. The van der Waals surface area contributed by atoms with Crippen molar-refractivity contribution in [1.82, 2.24) is 0 Å². The van der Waals surface area contributed by atoms with Crippen LogP contribution in [0.2, 0.25) is 0 Å². The van der Waals surface area contributed by atoms with E-state index in [4.69, 9.17) is 0 Å². The third-order valence-electron chi connectivity index (χ3n) is 7.69. The molecule has 0 fully saturated rings. The van der Waals surface area contributed by atoms with Crippen molar-refractivity contribution >= 4 is 29.0 Å². The van der Waals surface area contributed by atoms with E-state index < -0.39 is 11.9 Å². The Bertz CT molecular complexity index is 1040. The summed E-state index contributed by atoms with van der Waals surface area (Å²) in [6.45, 7) is 3.07. The van der Waals surface area contributed by atoms with Crippen LogP contribution in [0.1, 0.15) is 137 Å². The molecule has 226 valence electrons. The Kier molecular flexibility index (Phi) is 17.2. The van der Waals surface area contributed by atoms with Crippen molar-refractivity contribution in [1.29, 1.82) is 0 Å². The van der Waals surface area contributed by atoms with Gasteiger partial charge in [-0.3, -0.25) is 9.59 Å². The van der Waals surface area contributed by atoms with Gasteiger partial charge in [-0.25, -0.2) is 4.79 Å². The number of Topliss-reactive ketones (excluding diaryl/α,β-unsaturated/α-hetero) is 1. The highest BCUT2D eigenvalue weighted by Crippen LogP contribution is 2.27. The zero-order valence-electron chi connectivity index (χ0n) is 25.5. The van der Waals surface area contributed by atoms with Crippen LogP contribution in [-0.4, -0.2) is 36.4 Å². The molecule has 0 unspecified atom stereocenters. The maximum Gasteiger partial charge on any atom is 0.335 e. The van der Waals surface area contributed by atoms with Gasteiger partial charge in [0.05, 0.1) is 23.4 Å². The summed E-state index contributed by atoms with van der Waals surface area (Å²) < 4.78 is 0. The number of nitrogens with zero attached hydrogens (tertiary/aromatic N) is 1. The molecule has 0 atom stereocenters. The van der Waals surface area contributed by atoms with E-state index in [1.165, 1.54) is 96.0 Å². The molecule has 2 rings (SSSR count). The number of amides is 1. The number of hydrogen-bond donors (Lipinski definition) is 2. The summed E-state index contributed by atoms with van der Waals surface area (Å²) in [7, 11) is 1.95. The van der Waals surface area contributed by atoms with Gasteiger partial charge in [0, 0.05) is 19.2 Å². The summed E-state index contributed by atoms with van der Waals surface area (Å²) in [5, 5.41) is 12.2. The molecule has 0 saturated heterocycles. The number of hydrogen-bond acceptors (Lipinski definition) is 4. The van der Waals surface area contributed by atoms with Crippen LogP contribution in [0.25, 0.3) is 0 Å². The van der Waals surface area contributed by atoms with Gasteiger partial charge in [-0.1, -0.05) is 134 Å². The van der Waals surface area contributed by atoms with Gasteiger partial charge in [0.1, 0.15) is 0 Å². The Hall–Kier alpha value is -3.15. The first-order valence-corrected chi connectivity index (χ1v) is 15.9. The SMILES string of the molecule is CCCCCCCCCCCCCCCCCCN(C)c1ccc(C(=O)O)cc1NC(=O)CC(=O)c1ccccc1. The van der Waals surface area contributed by atoms with E-state index >= 15 is 0 Å². The number of benzene rings is 2. The number of carbonyl (C=O) groups is 3. The highest BCUT2D eigenvalue weighted by atomic mass is 16.4. The summed E-state index contributed by atoms with van der Waals surface area (Å²) in [6.07, 6.45) is 20.9. The summed E-state index contributed by atoms with van der Waals surface area (Å²) in [4.78, 5) is 38.7. The van der Waals surface area contributed by atoms with Crippen LogP contribution in [0.5, 0.6) is 0 Å². The number of nitrogens with one attached hydrogen (secondary N) is 1. The summed E-state index contributed by atoms with van der Waals surface area (Å²) in [6, 6.07) is 13.4. The lowest BCUT2D eigenvalue weighted by atomic mass is 10.0. The first kappa shape index (κ1) is 34.1. The van der Waals surface area contributed by atoms with E-state index in [2.05, 4.69) is 12.2 Å². The Morgan fingerprint density at radius 3 is 1.71 bits per heavy atom. The van der Waals surface area contributed by atoms with Crippen LogP contribution in [0, 0.1) is 0 Å². The van der Waals surface area contributed by atoms with Crippen molar-refractivity contribution in [3.8, 4) is 0 Å². The number of rotatable bonds is 23. The van der Waals surface area contributed by atoms with Crippen LogP contribution < -0.4 is 10.2 Å². The second-order valence-corrected chi connectivity index (χ2v) is 11.3. The maximum atomic E-state index is 12.7. The minimum Gasteiger partial charge on any atom is -0.478 e. The molecule has 0 spiro atoms. The second kappa shape index (κ2) is 20.7. The first-order chi connectivity index (χ1) is 19.9. The fourth-order valence-corrected chi connectivity index (χ4v) is 5.19. The number of carboxylic acids is 1. The maximum absolute atomic E-state index is 12.7. The Labute approximate surface area is 247 Å². The molecular weight excluding hydrogens is 512 g/mol. The molecule has 0 heterocycles. The van der Waals surface area contributed by atoms with Crippen LogP contribution in [0.4, 0.5) is 11.4 Å². The summed E-state index contributed by atoms with van der Waals surface area (Å²) >= 11 is 0. The van der Waals surface area contributed by atoms with E-state index in [9.17, 15) is 19.5 Å². The molecule has 2 aromatic carbocycles. The summed E-state index contributed by atoms with van der Waals surface area (Å²) in [5.41, 5.74) is 1.73. The predicted octanol–water partition coefficient (Wildman–Crippen LogP) is 9.29. The fourth-order valence-electron chi connectivity index (χ4n) is 5.19. The molecule has 0 aliphatic heterocycles. The van der Waals surface area contributed by atoms with Crippen LogP contribution in [0.15, 0.2) is 48.5 Å². The lowest BCUT2D eigenvalue weighted by molar-refractivity contribution is -0.115. The Balaban J connectivity index is 1.67. The van der Waals surface area contributed by atoms with Crippen LogP contribution in [-0.2, 0) is 4.79 Å². The third kappa shape index (κ3) is 14.3. The molecule has 0 bridgehead atoms. The Morgan fingerprint density at radius 2 is 1.20 bits per heavy atom. The average molecular weight is 565 g/mol. The second-order valence-electron chi connectivity index (χ2n) is 11.3. The standard InChI is InChI=1S/C35H52N2O4/c1-3-4-5-6-7-8-9-10-11-12-13-14-15-16-17-21-26-37(2)32-25-24-30(35(40)41)27-31(32)36-34(39)28-33(38)29-22-19-18-20-23-29/h18-20,22-25,27H,3-17,21,26,28H2,1-2H3,(H,36,39)(H,40,41). The van der Waals surface area contributed by atoms with E-state index in [-0.39, 0.29) is 17.8 Å². The molecule has 0 saturated carbocycles. The average Bonchev–Trinajstić information content (AvgIpc) is 2.97. The van der Waals surface area contributed by atoms with E-state index in [1.54, 1.807) is 36.4 Å². The van der Waals surface area contributed by atoms with Crippen molar-refractivity contribution in [3.63, 3.8) is 0 Å². The molecule has 0 radical (unpaired) electrons. The van der Waals surface area contributed by atoms with Gasteiger partial charge in [-0.15, -0.1) is 0 Å².